The summed E-state index contributed by atoms with van der Waals surface area (Å²) in [6.45, 7) is 2.93. The van der Waals surface area contributed by atoms with Crippen LogP contribution in [0.2, 0.25) is 0 Å². The Kier molecular flexibility index (Phi) is 3.58. The predicted octanol–water partition coefficient (Wildman–Crippen LogP) is 0.530. The van der Waals surface area contributed by atoms with Gasteiger partial charge in [0.1, 0.15) is 6.10 Å². The number of aliphatic hydroxyl groups is 1. The van der Waals surface area contributed by atoms with Crippen molar-refractivity contribution in [3.63, 3.8) is 0 Å². The molecule has 6 heteroatoms. The lowest BCUT2D eigenvalue weighted by Crippen LogP contribution is -2.42. The zero-order chi connectivity index (χ0) is 12.4. The molecule has 1 N–H and O–H groups in total. The van der Waals surface area contributed by atoms with Crippen LogP contribution in [0.5, 0.6) is 0 Å². The Labute approximate surface area is 106 Å². The molecule has 0 aromatic carbocycles. The molecule has 2 saturated heterocycles. The van der Waals surface area contributed by atoms with E-state index in [-0.39, 0.29) is 12.7 Å². The molecule has 0 spiro atoms. The van der Waals surface area contributed by atoms with Gasteiger partial charge in [0.05, 0.1) is 6.61 Å². The maximum atomic E-state index is 8.76. The van der Waals surface area contributed by atoms with Crippen LogP contribution in [0.3, 0.4) is 0 Å². The molecule has 1 aromatic rings. The Morgan fingerprint density at radius 3 is 3.28 bits per heavy atom. The molecule has 100 valence electrons. The third kappa shape index (κ3) is 2.41. The van der Waals surface area contributed by atoms with Crippen molar-refractivity contribution >= 4 is 0 Å². The maximum absolute atomic E-state index is 8.76. The molecule has 0 bridgehead atoms. The molecule has 2 fully saturated rings. The van der Waals surface area contributed by atoms with Crippen molar-refractivity contribution in [1.29, 1.82) is 0 Å². The number of aliphatic hydroxyl groups excluding tert-OH is 1. The zero-order valence-electron chi connectivity index (χ0n) is 10.4. The van der Waals surface area contributed by atoms with Crippen LogP contribution >= 0.6 is 0 Å². The Balaban J connectivity index is 1.62. The Bertz CT molecular complexity index is 396. The van der Waals surface area contributed by atoms with Crippen molar-refractivity contribution in [2.45, 2.75) is 37.8 Å². The van der Waals surface area contributed by atoms with Crippen LogP contribution in [0.25, 0.3) is 0 Å². The molecule has 6 nitrogen and oxygen atoms in total. The molecule has 18 heavy (non-hydrogen) atoms. The van der Waals surface area contributed by atoms with Gasteiger partial charge in [-0.3, -0.25) is 4.90 Å². The lowest BCUT2D eigenvalue weighted by atomic mass is 10.2. The number of hydrogen-bond donors (Lipinski definition) is 1. The van der Waals surface area contributed by atoms with Crippen molar-refractivity contribution < 1.29 is 14.4 Å². The fraction of sp³-hybridized carbons (Fsp3) is 0.833. The highest BCUT2D eigenvalue weighted by molar-refractivity contribution is 4.97. The van der Waals surface area contributed by atoms with Gasteiger partial charge in [-0.05, 0) is 25.8 Å². The van der Waals surface area contributed by atoms with E-state index in [4.69, 9.17) is 14.4 Å². The predicted molar refractivity (Wildman–Crippen MR) is 63.0 cm³/mol. The molecule has 3 heterocycles. The number of nitrogens with zero attached hydrogens (tertiary/aromatic N) is 3. The summed E-state index contributed by atoms with van der Waals surface area (Å²) in [5.74, 6) is 1.24. The lowest BCUT2D eigenvalue weighted by Gasteiger charge is -2.33. The van der Waals surface area contributed by atoms with Crippen molar-refractivity contribution in [2.75, 3.05) is 26.3 Å². The van der Waals surface area contributed by atoms with Gasteiger partial charge in [0.25, 0.3) is 0 Å². The Morgan fingerprint density at radius 2 is 2.39 bits per heavy atom. The van der Waals surface area contributed by atoms with Crippen LogP contribution < -0.4 is 0 Å². The fourth-order valence-corrected chi connectivity index (χ4v) is 2.70. The minimum atomic E-state index is -0.0639. The molecule has 2 atom stereocenters. The number of rotatable bonds is 4. The Hall–Kier alpha value is -0.980. The molecular formula is C12H19N3O3. The summed E-state index contributed by atoms with van der Waals surface area (Å²) in [6, 6.07) is 0.585. The van der Waals surface area contributed by atoms with Crippen LogP contribution in [-0.4, -0.2) is 52.5 Å². The van der Waals surface area contributed by atoms with Crippen LogP contribution in [0.4, 0.5) is 0 Å². The average molecular weight is 253 g/mol. The molecule has 0 aliphatic carbocycles. The first kappa shape index (κ1) is 12.1. The summed E-state index contributed by atoms with van der Waals surface area (Å²) in [7, 11) is 0. The molecule has 2 aliphatic rings. The van der Waals surface area contributed by atoms with E-state index in [2.05, 4.69) is 15.0 Å². The van der Waals surface area contributed by atoms with Gasteiger partial charge in [-0.1, -0.05) is 5.16 Å². The van der Waals surface area contributed by atoms with Gasteiger partial charge in [0, 0.05) is 25.6 Å². The highest BCUT2D eigenvalue weighted by Gasteiger charge is 2.34. The number of aromatic nitrogens is 2. The third-order valence-corrected chi connectivity index (χ3v) is 3.71. The monoisotopic (exact) mass is 253 g/mol. The highest BCUT2D eigenvalue weighted by atomic mass is 16.5. The van der Waals surface area contributed by atoms with E-state index in [0.717, 1.165) is 19.7 Å². The van der Waals surface area contributed by atoms with E-state index < -0.39 is 0 Å². The van der Waals surface area contributed by atoms with Gasteiger partial charge in [-0.15, -0.1) is 0 Å². The van der Waals surface area contributed by atoms with Gasteiger partial charge in [-0.2, -0.15) is 4.98 Å². The summed E-state index contributed by atoms with van der Waals surface area (Å²) >= 11 is 0. The topological polar surface area (TPSA) is 71.6 Å². The van der Waals surface area contributed by atoms with E-state index >= 15 is 0 Å². The quantitative estimate of drug-likeness (QED) is 0.844. The summed E-state index contributed by atoms with van der Waals surface area (Å²) in [5, 5.41) is 12.8. The smallest absolute Gasteiger partial charge is 0.226 e. The molecule has 2 unspecified atom stereocenters. The van der Waals surface area contributed by atoms with Gasteiger partial charge in [0.15, 0.2) is 0 Å². The first-order valence-electron chi connectivity index (χ1n) is 6.66. The van der Waals surface area contributed by atoms with Crippen molar-refractivity contribution in [1.82, 2.24) is 15.0 Å². The summed E-state index contributed by atoms with van der Waals surface area (Å²) < 4.78 is 11.0. The standard InChI is InChI=1S/C12H19N3O3/c16-6-2-4-11-13-12(14-18-11)10-7-15-5-1-3-9(15)8-17-10/h9-10,16H,1-8H2. The van der Waals surface area contributed by atoms with E-state index in [9.17, 15) is 0 Å². The number of fused-ring (bicyclic) bond motifs is 1. The van der Waals surface area contributed by atoms with E-state index in [1.165, 1.54) is 12.8 Å². The van der Waals surface area contributed by atoms with Gasteiger partial charge in [0.2, 0.25) is 11.7 Å². The van der Waals surface area contributed by atoms with E-state index in [1.807, 2.05) is 0 Å². The number of morpholine rings is 1. The SMILES string of the molecule is OCCCc1nc(C2CN3CCCC3CO2)no1. The molecule has 3 rings (SSSR count). The second-order valence-electron chi connectivity index (χ2n) is 4.99. The number of hydrogen-bond acceptors (Lipinski definition) is 6. The van der Waals surface area contributed by atoms with Crippen molar-refractivity contribution in [3.05, 3.63) is 11.7 Å². The molecule has 0 amide bonds. The van der Waals surface area contributed by atoms with Crippen LogP contribution in [0, 0.1) is 0 Å². The largest absolute Gasteiger partial charge is 0.396 e. The molecule has 0 radical (unpaired) electrons. The third-order valence-electron chi connectivity index (χ3n) is 3.71. The van der Waals surface area contributed by atoms with Gasteiger partial charge >= 0.3 is 0 Å². The lowest BCUT2D eigenvalue weighted by molar-refractivity contribution is -0.0548. The van der Waals surface area contributed by atoms with Crippen molar-refractivity contribution in [3.8, 4) is 0 Å². The first-order valence-corrected chi connectivity index (χ1v) is 6.66. The molecule has 1 aromatic heterocycles. The maximum Gasteiger partial charge on any atom is 0.226 e. The van der Waals surface area contributed by atoms with E-state index in [0.29, 0.717) is 30.6 Å². The first-order chi connectivity index (χ1) is 8.86. The summed E-state index contributed by atoms with van der Waals surface area (Å²) in [6.07, 6.45) is 3.71. The van der Waals surface area contributed by atoms with Crippen LogP contribution in [0.15, 0.2) is 4.52 Å². The van der Waals surface area contributed by atoms with E-state index in [1.54, 1.807) is 0 Å². The second-order valence-corrected chi connectivity index (χ2v) is 4.99. The minimum Gasteiger partial charge on any atom is -0.396 e. The molecule has 2 aliphatic heterocycles. The second kappa shape index (κ2) is 5.34. The number of ether oxygens (including phenoxy) is 1. The fourth-order valence-electron chi connectivity index (χ4n) is 2.70. The number of aryl methyl sites for hydroxylation is 1. The summed E-state index contributed by atoms with van der Waals surface area (Å²) in [5.41, 5.74) is 0. The van der Waals surface area contributed by atoms with Crippen LogP contribution in [-0.2, 0) is 11.2 Å². The Morgan fingerprint density at radius 1 is 1.44 bits per heavy atom. The minimum absolute atomic E-state index is 0.0639. The van der Waals surface area contributed by atoms with Gasteiger partial charge < -0.3 is 14.4 Å². The average Bonchev–Trinajstić information content (AvgIpc) is 3.04. The van der Waals surface area contributed by atoms with Crippen molar-refractivity contribution in [2.24, 2.45) is 0 Å². The normalized spacial score (nSPS) is 28.5. The zero-order valence-corrected chi connectivity index (χ0v) is 10.4. The highest BCUT2D eigenvalue weighted by Crippen LogP contribution is 2.28. The van der Waals surface area contributed by atoms with Crippen LogP contribution in [0.1, 0.15) is 37.1 Å². The molecule has 0 saturated carbocycles. The summed E-state index contributed by atoms with van der Waals surface area (Å²) in [4.78, 5) is 6.80. The molecular weight excluding hydrogens is 234 g/mol. The van der Waals surface area contributed by atoms with Gasteiger partial charge in [-0.25, -0.2) is 0 Å².